The van der Waals surface area contributed by atoms with E-state index in [2.05, 4.69) is 4.74 Å². The van der Waals surface area contributed by atoms with E-state index in [1.54, 1.807) is 0 Å². The summed E-state index contributed by atoms with van der Waals surface area (Å²) in [4.78, 5) is 10.9. The lowest BCUT2D eigenvalue weighted by molar-refractivity contribution is -0.143. The molecule has 2 atom stereocenters. The maximum Gasteiger partial charge on any atom is 0.308 e. The lowest BCUT2D eigenvalue weighted by Gasteiger charge is -2.15. The lowest BCUT2D eigenvalue weighted by Crippen LogP contribution is -2.24. The van der Waals surface area contributed by atoms with Crippen molar-refractivity contribution in [2.75, 3.05) is 13.7 Å². The van der Waals surface area contributed by atoms with Crippen LogP contribution in [0.15, 0.2) is 30.3 Å². The van der Waals surface area contributed by atoms with Crippen LogP contribution < -0.4 is 0 Å². The Morgan fingerprint density at radius 3 is 2.53 bits per heavy atom. The van der Waals surface area contributed by atoms with Crippen LogP contribution in [0.4, 0.5) is 0 Å². The summed E-state index contributed by atoms with van der Waals surface area (Å²) in [7, 11) is 1.26. The number of aliphatic hydroxyl groups excluding tert-OH is 2. The largest absolute Gasteiger partial charge is 0.469 e. The molecule has 1 aromatic carbocycles. The van der Waals surface area contributed by atoms with Gasteiger partial charge in [-0.25, -0.2) is 0 Å². The summed E-state index contributed by atoms with van der Waals surface area (Å²) in [6, 6.07) is 9.60. The SMILES string of the molecule is COC(=O)C[C@@H](O)C[C@@H](O)COCc1ccccc1. The number of hydrogen-bond acceptors (Lipinski definition) is 5. The molecule has 0 aliphatic carbocycles. The van der Waals surface area contributed by atoms with Crippen molar-refractivity contribution in [3.05, 3.63) is 35.9 Å². The molecule has 5 heteroatoms. The summed E-state index contributed by atoms with van der Waals surface area (Å²) < 4.78 is 9.77. The number of rotatable bonds is 8. The standard InChI is InChI=1S/C14H20O5/c1-18-14(17)8-12(15)7-13(16)10-19-9-11-5-3-2-4-6-11/h2-6,12-13,15-16H,7-10H2,1H3/t12-,13+/m0/s1. The molecule has 0 aliphatic heterocycles. The van der Waals surface area contributed by atoms with Crippen LogP contribution in [0.5, 0.6) is 0 Å². The second kappa shape index (κ2) is 8.63. The lowest BCUT2D eigenvalue weighted by atomic mass is 10.1. The third kappa shape index (κ3) is 6.91. The van der Waals surface area contributed by atoms with Crippen LogP contribution in [0.1, 0.15) is 18.4 Å². The molecule has 1 rings (SSSR count). The van der Waals surface area contributed by atoms with Gasteiger partial charge < -0.3 is 19.7 Å². The number of hydrogen-bond donors (Lipinski definition) is 2. The fourth-order valence-corrected chi connectivity index (χ4v) is 1.63. The van der Waals surface area contributed by atoms with Gasteiger partial charge in [0, 0.05) is 6.42 Å². The van der Waals surface area contributed by atoms with Crippen LogP contribution in [0.2, 0.25) is 0 Å². The molecule has 0 saturated carbocycles. The first-order valence-electron chi connectivity index (χ1n) is 6.16. The minimum Gasteiger partial charge on any atom is -0.469 e. The highest BCUT2D eigenvalue weighted by molar-refractivity contribution is 5.69. The van der Waals surface area contributed by atoms with E-state index in [1.807, 2.05) is 30.3 Å². The van der Waals surface area contributed by atoms with Crippen molar-refractivity contribution in [3.8, 4) is 0 Å². The molecule has 5 nitrogen and oxygen atoms in total. The Hall–Kier alpha value is -1.43. The second-order valence-corrected chi connectivity index (χ2v) is 4.32. The van der Waals surface area contributed by atoms with E-state index in [-0.39, 0.29) is 19.4 Å². The molecule has 2 N–H and O–H groups in total. The number of methoxy groups -OCH3 is 1. The fourth-order valence-electron chi connectivity index (χ4n) is 1.63. The minimum absolute atomic E-state index is 0.0872. The van der Waals surface area contributed by atoms with E-state index in [4.69, 9.17) is 4.74 Å². The van der Waals surface area contributed by atoms with Crippen molar-refractivity contribution in [1.29, 1.82) is 0 Å². The zero-order chi connectivity index (χ0) is 14.1. The quantitative estimate of drug-likeness (QED) is 0.684. The minimum atomic E-state index is -0.914. The zero-order valence-corrected chi connectivity index (χ0v) is 11.0. The Bertz CT molecular complexity index is 365. The molecule has 106 valence electrons. The van der Waals surface area contributed by atoms with Gasteiger partial charge in [-0.2, -0.15) is 0 Å². The van der Waals surface area contributed by atoms with E-state index in [1.165, 1.54) is 7.11 Å². The van der Waals surface area contributed by atoms with Crippen molar-refractivity contribution >= 4 is 5.97 Å². The van der Waals surface area contributed by atoms with E-state index in [9.17, 15) is 15.0 Å². The van der Waals surface area contributed by atoms with Gasteiger partial charge in [-0.05, 0) is 5.56 Å². The Balaban J connectivity index is 2.17. The highest BCUT2D eigenvalue weighted by Gasteiger charge is 2.16. The van der Waals surface area contributed by atoms with Crippen molar-refractivity contribution in [3.63, 3.8) is 0 Å². The van der Waals surface area contributed by atoms with Crippen LogP contribution in [0.3, 0.4) is 0 Å². The summed E-state index contributed by atoms with van der Waals surface area (Å²) in [5.41, 5.74) is 1.02. The Labute approximate surface area is 112 Å². The van der Waals surface area contributed by atoms with Crippen molar-refractivity contribution < 1.29 is 24.5 Å². The van der Waals surface area contributed by atoms with Gasteiger partial charge in [-0.15, -0.1) is 0 Å². The maximum absolute atomic E-state index is 10.9. The first kappa shape index (κ1) is 15.6. The molecular formula is C14H20O5. The molecule has 0 fully saturated rings. The van der Waals surface area contributed by atoms with Gasteiger partial charge in [-0.3, -0.25) is 4.79 Å². The number of ether oxygens (including phenoxy) is 2. The first-order chi connectivity index (χ1) is 9.11. The van der Waals surface area contributed by atoms with Crippen molar-refractivity contribution in [2.45, 2.75) is 31.7 Å². The molecule has 0 saturated heterocycles. The molecule has 0 aromatic heterocycles. The molecule has 0 unspecified atom stereocenters. The number of aliphatic hydroxyl groups is 2. The fraction of sp³-hybridized carbons (Fsp3) is 0.500. The molecule has 0 radical (unpaired) electrons. The molecule has 0 aliphatic rings. The van der Waals surface area contributed by atoms with Gasteiger partial charge >= 0.3 is 5.97 Å². The number of carbonyl (C=O) groups is 1. The van der Waals surface area contributed by atoms with Crippen LogP contribution in [-0.4, -0.2) is 42.1 Å². The van der Waals surface area contributed by atoms with Gasteiger partial charge in [0.25, 0.3) is 0 Å². The van der Waals surface area contributed by atoms with Gasteiger partial charge in [0.15, 0.2) is 0 Å². The molecule has 0 heterocycles. The first-order valence-corrected chi connectivity index (χ1v) is 6.16. The number of esters is 1. The maximum atomic E-state index is 10.9. The number of benzene rings is 1. The molecule has 0 amide bonds. The highest BCUT2D eigenvalue weighted by atomic mass is 16.5. The number of carbonyl (C=O) groups excluding carboxylic acids is 1. The summed E-state index contributed by atoms with van der Waals surface area (Å²) in [6.07, 6.45) is -1.75. The van der Waals surface area contributed by atoms with Crippen LogP contribution in [0.25, 0.3) is 0 Å². The van der Waals surface area contributed by atoms with E-state index >= 15 is 0 Å². The summed E-state index contributed by atoms with van der Waals surface area (Å²) in [5, 5.41) is 19.2. The summed E-state index contributed by atoms with van der Waals surface area (Å²) >= 11 is 0. The van der Waals surface area contributed by atoms with Gasteiger partial charge in [0.1, 0.15) is 0 Å². The monoisotopic (exact) mass is 268 g/mol. The summed E-state index contributed by atoms with van der Waals surface area (Å²) in [6.45, 7) is 0.526. The zero-order valence-electron chi connectivity index (χ0n) is 11.0. The van der Waals surface area contributed by atoms with Crippen LogP contribution in [0, 0.1) is 0 Å². The van der Waals surface area contributed by atoms with Crippen molar-refractivity contribution in [1.82, 2.24) is 0 Å². The average Bonchev–Trinajstić information content (AvgIpc) is 2.39. The van der Waals surface area contributed by atoms with Crippen molar-refractivity contribution in [2.24, 2.45) is 0 Å². The third-order valence-electron chi connectivity index (χ3n) is 2.60. The molecular weight excluding hydrogens is 248 g/mol. The van der Waals surface area contributed by atoms with Gasteiger partial charge in [-0.1, -0.05) is 30.3 Å². The second-order valence-electron chi connectivity index (χ2n) is 4.32. The van der Waals surface area contributed by atoms with Gasteiger partial charge in [0.2, 0.25) is 0 Å². The summed E-state index contributed by atoms with van der Waals surface area (Å²) in [5.74, 6) is -0.495. The Morgan fingerprint density at radius 1 is 1.21 bits per heavy atom. The highest BCUT2D eigenvalue weighted by Crippen LogP contribution is 2.06. The molecule has 0 bridgehead atoms. The average molecular weight is 268 g/mol. The van der Waals surface area contributed by atoms with Crippen LogP contribution in [-0.2, 0) is 20.9 Å². The van der Waals surface area contributed by atoms with Gasteiger partial charge in [0.05, 0.1) is 39.0 Å². The van der Waals surface area contributed by atoms with E-state index in [0.717, 1.165) is 5.56 Å². The Kier molecular flexibility index (Phi) is 7.10. The van der Waals surface area contributed by atoms with E-state index in [0.29, 0.717) is 6.61 Å². The molecule has 1 aromatic rings. The predicted molar refractivity (Wildman–Crippen MR) is 69.4 cm³/mol. The molecule has 0 spiro atoms. The third-order valence-corrected chi connectivity index (χ3v) is 2.60. The van der Waals surface area contributed by atoms with Crippen LogP contribution >= 0.6 is 0 Å². The molecule has 19 heavy (non-hydrogen) atoms. The normalized spacial score (nSPS) is 13.8. The predicted octanol–water partition coefficient (Wildman–Crippen LogP) is 0.878. The van der Waals surface area contributed by atoms with E-state index < -0.39 is 18.2 Å². The Morgan fingerprint density at radius 2 is 1.89 bits per heavy atom. The topological polar surface area (TPSA) is 76.0 Å². The smallest absolute Gasteiger partial charge is 0.308 e.